The lowest BCUT2D eigenvalue weighted by Crippen LogP contribution is -2.50. The van der Waals surface area contributed by atoms with Crippen LogP contribution in [-0.2, 0) is 21.4 Å². The summed E-state index contributed by atoms with van der Waals surface area (Å²) in [6, 6.07) is 6.40. The molecule has 2 amide bonds. The lowest BCUT2D eigenvalue weighted by Gasteiger charge is -2.33. The maximum atomic E-state index is 12.5. The molecular formula is C18H20BN3O2. The Morgan fingerprint density at radius 2 is 1.92 bits per heavy atom. The summed E-state index contributed by atoms with van der Waals surface area (Å²) in [6.45, 7) is 2.01. The molecule has 1 aromatic carbocycles. The monoisotopic (exact) mass is 321 g/mol. The molecule has 1 aromatic rings. The Balaban J connectivity index is 1.59. The van der Waals surface area contributed by atoms with E-state index >= 15 is 0 Å². The van der Waals surface area contributed by atoms with Crippen molar-refractivity contribution < 1.29 is 9.59 Å². The van der Waals surface area contributed by atoms with Crippen molar-refractivity contribution >= 4 is 24.2 Å². The van der Waals surface area contributed by atoms with Gasteiger partial charge in [-0.3, -0.25) is 14.9 Å². The quantitative estimate of drug-likeness (QED) is 0.631. The SMILES string of the molecule is N#CB1CCN(c2ccc3c(c2)CCC32CCC(=O)NC2=O)CC1. The van der Waals surface area contributed by atoms with E-state index in [0.717, 1.165) is 44.1 Å². The summed E-state index contributed by atoms with van der Waals surface area (Å²) in [5, 5.41) is 11.6. The van der Waals surface area contributed by atoms with Crippen LogP contribution in [0, 0.1) is 11.2 Å². The minimum atomic E-state index is -0.504. The van der Waals surface area contributed by atoms with E-state index in [2.05, 4.69) is 34.4 Å². The number of aryl methyl sites for hydroxylation is 1. The van der Waals surface area contributed by atoms with Crippen molar-refractivity contribution in [2.45, 2.75) is 43.7 Å². The van der Waals surface area contributed by atoms with Crippen LogP contribution in [0.25, 0.3) is 0 Å². The Morgan fingerprint density at radius 3 is 2.62 bits per heavy atom. The van der Waals surface area contributed by atoms with Crippen molar-refractivity contribution in [1.29, 1.82) is 5.26 Å². The Labute approximate surface area is 142 Å². The molecule has 5 nitrogen and oxygen atoms in total. The van der Waals surface area contributed by atoms with Crippen LogP contribution in [0.2, 0.25) is 12.6 Å². The number of imide groups is 1. The first-order valence-electron chi connectivity index (χ1n) is 8.75. The predicted molar refractivity (Wildman–Crippen MR) is 92.0 cm³/mol. The van der Waals surface area contributed by atoms with Gasteiger partial charge in [0, 0.05) is 31.2 Å². The minimum Gasteiger partial charge on any atom is -0.373 e. The molecule has 1 aliphatic carbocycles. The average molecular weight is 321 g/mol. The fourth-order valence-electron chi connectivity index (χ4n) is 4.44. The number of nitrogens with one attached hydrogen (secondary N) is 1. The van der Waals surface area contributed by atoms with Gasteiger partial charge in [-0.1, -0.05) is 6.07 Å². The fraction of sp³-hybridized carbons (Fsp3) is 0.500. The summed E-state index contributed by atoms with van der Waals surface area (Å²) >= 11 is 0. The Bertz CT molecular complexity index is 749. The molecule has 1 unspecified atom stereocenters. The molecule has 6 heteroatoms. The molecule has 2 heterocycles. The highest BCUT2D eigenvalue weighted by atomic mass is 16.2. The minimum absolute atomic E-state index is 0.125. The van der Waals surface area contributed by atoms with Crippen molar-refractivity contribution in [2.24, 2.45) is 0 Å². The number of fused-ring (bicyclic) bond motifs is 2. The van der Waals surface area contributed by atoms with Crippen LogP contribution < -0.4 is 10.2 Å². The molecule has 24 heavy (non-hydrogen) atoms. The number of hydrogen-bond acceptors (Lipinski definition) is 4. The van der Waals surface area contributed by atoms with E-state index in [-0.39, 0.29) is 18.5 Å². The van der Waals surface area contributed by atoms with Crippen LogP contribution in [0.1, 0.15) is 30.4 Å². The molecule has 4 rings (SSSR count). The summed E-state index contributed by atoms with van der Waals surface area (Å²) in [7, 11) is 0. The van der Waals surface area contributed by atoms with Crippen molar-refractivity contribution in [3.05, 3.63) is 29.3 Å². The van der Waals surface area contributed by atoms with Gasteiger partial charge in [0.2, 0.25) is 11.8 Å². The van der Waals surface area contributed by atoms with Crippen LogP contribution in [0.15, 0.2) is 18.2 Å². The van der Waals surface area contributed by atoms with E-state index in [0.29, 0.717) is 12.8 Å². The lowest BCUT2D eigenvalue weighted by atomic mass is 9.45. The molecule has 1 atom stereocenters. The van der Waals surface area contributed by atoms with Gasteiger partial charge in [-0.25, -0.2) is 5.26 Å². The zero-order chi connectivity index (χ0) is 16.7. The molecule has 0 radical (unpaired) electrons. The Hall–Kier alpha value is -2.29. The maximum absolute atomic E-state index is 12.5. The Morgan fingerprint density at radius 1 is 1.17 bits per heavy atom. The second-order valence-electron chi connectivity index (χ2n) is 7.19. The topological polar surface area (TPSA) is 73.2 Å². The summed E-state index contributed by atoms with van der Waals surface area (Å²) in [6.07, 6.45) is 4.57. The van der Waals surface area contributed by atoms with Gasteiger partial charge in [-0.15, -0.1) is 0 Å². The average Bonchev–Trinajstić information content (AvgIpc) is 2.98. The van der Waals surface area contributed by atoms with Gasteiger partial charge >= 0.3 is 0 Å². The van der Waals surface area contributed by atoms with Crippen molar-refractivity contribution in [3.63, 3.8) is 0 Å². The molecule has 2 fully saturated rings. The van der Waals surface area contributed by atoms with Gasteiger partial charge in [-0.2, -0.15) is 0 Å². The highest BCUT2D eigenvalue weighted by Gasteiger charge is 2.48. The largest absolute Gasteiger partial charge is 0.373 e. The number of amides is 2. The zero-order valence-electron chi connectivity index (χ0n) is 13.7. The predicted octanol–water partition coefficient (Wildman–Crippen LogP) is 1.68. The number of rotatable bonds is 1. The smallest absolute Gasteiger partial charge is 0.271 e. The number of nitriles is 1. The summed E-state index contributed by atoms with van der Waals surface area (Å²) in [5.74, 6) is 2.08. The van der Waals surface area contributed by atoms with E-state index in [1.165, 1.54) is 11.3 Å². The van der Waals surface area contributed by atoms with Gasteiger partial charge in [0.05, 0.1) is 5.41 Å². The first kappa shape index (κ1) is 15.3. The molecular weight excluding hydrogens is 301 g/mol. The number of piperidine rings is 1. The molecule has 0 bridgehead atoms. The number of benzene rings is 1. The summed E-state index contributed by atoms with van der Waals surface area (Å²) < 4.78 is 0. The molecule has 0 aromatic heterocycles. The van der Waals surface area contributed by atoms with Crippen molar-refractivity contribution in [2.75, 3.05) is 18.0 Å². The van der Waals surface area contributed by atoms with Crippen LogP contribution in [0.3, 0.4) is 0 Å². The van der Waals surface area contributed by atoms with Crippen LogP contribution in [0.5, 0.6) is 0 Å². The van der Waals surface area contributed by atoms with Crippen molar-refractivity contribution in [1.82, 2.24) is 5.32 Å². The van der Waals surface area contributed by atoms with Crippen LogP contribution in [-0.4, -0.2) is 31.6 Å². The third-order valence-corrected chi connectivity index (χ3v) is 5.93. The van der Waals surface area contributed by atoms with Gasteiger partial charge < -0.3 is 4.90 Å². The molecule has 3 aliphatic rings. The first-order chi connectivity index (χ1) is 11.6. The molecule has 1 spiro atoms. The number of anilines is 1. The molecule has 1 N–H and O–H groups in total. The summed E-state index contributed by atoms with van der Waals surface area (Å²) in [4.78, 5) is 26.3. The van der Waals surface area contributed by atoms with Crippen LogP contribution in [0.4, 0.5) is 5.69 Å². The van der Waals surface area contributed by atoms with Gasteiger partial charge in [0.1, 0.15) is 0 Å². The van der Waals surface area contributed by atoms with Gasteiger partial charge in [0.25, 0.3) is 6.71 Å². The third kappa shape index (κ3) is 2.31. The number of nitrogens with zero attached hydrogens (tertiary/aromatic N) is 2. The second kappa shape index (κ2) is 5.66. The molecule has 2 aliphatic heterocycles. The number of carbonyl (C=O) groups is 2. The van der Waals surface area contributed by atoms with Gasteiger partial charge in [0.15, 0.2) is 0 Å². The highest BCUT2D eigenvalue weighted by Crippen LogP contribution is 2.45. The Kier molecular flexibility index (Phi) is 3.60. The number of hydrogen-bond donors (Lipinski definition) is 1. The van der Waals surface area contributed by atoms with Crippen LogP contribution >= 0.6 is 0 Å². The van der Waals surface area contributed by atoms with Gasteiger partial charge in [-0.05, 0) is 55.2 Å². The van der Waals surface area contributed by atoms with E-state index in [1.54, 1.807) is 0 Å². The number of carbonyl (C=O) groups excluding carboxylic acids is 2. The lowest BCUT2D eigenvalue weighted by molar-refractivity contribution is -0.137. The normalized spacial score (nSPS) is 26.3. The molecule has 2 saturated heterocycles. The fourth-order valence-corrected chi connectivity index (χ4v) is 4.44. The summed E-state index contributed by atoms with van der Waals surface area (Å²) in [5.41, 5.74) is 3.02. The van der Waals surface area contributed by atoms with E-state index in [1.807, 2.05) is 0 Å². The first-order valence-corrected chi connectivity index (χ1v) is 8.75. The van der Waals surface area contributed by atoms with Crippen molar-refractivity contribution in [3.8, 4) is 5.97 Å². The highest BCUT2D eigenvalue weighted by molar-refractivity contribution is 6.67. The second-order valence-corrected chi connectivity index (χ2v) is 7.19. The third-order valence-electron chi connectivity index (χ3n) is 5.93. The standard InChI is InChI=1S/C18H20BN3O2/c20-12-19-7-9-22(10-8-19)14-1-2-15-13(11-14)3-5-18(15)6-4-16(23)21-17(18)24/h1-2,11H,3-10H2,(H,21,23,24). The maximum Gasteiger partial charge on any atom is 0.271 e. The zero-order valence-corrected chi connectivity index (χ0v) is 13.7. The van der Waals surface area contributed by atoms with E-state index in [4.69, 9.17) is 5.26 Å². The molecule has 0 saturated carbocycles. The van der Waals surface area contributed by atoms with E-state index < -0.39 is 5.41 Å². The molecule has 122 valence electrons. The van der Waals surface area contributed by atoms with E-state index in [9.17, 15) is 9.59 Å².